The maximum Gasteiger partial charge on any atom is 0.224 e. The summed E-state index contributed by atoms with van der Waals surface area (Å²) in [5.41, 5.74) is 2.47. The average Bonchev–Trinajstić information content (AvgIpc) is 2.45. The number of nitrogens with one attached hydrogen (secondary N) is 1. The number of ether oxygens (including phenoxy) is 2. The Hall–Kier alpha value is -1.77. The summed E-state index contributed by atoms with van der Waals surface area (Å²) in [4.78, 5) is 12.4. The van der Waals surface area contributed by atoms with E-state index in [0.717, 1.165) is 4.47 Å². The molecule has 0 spiro atoms. The lowest BCUT2D eigenvalue weighted by Gasteiger charge is -2.09. The zero-order valence-electron chi connectivity index (χ0n) is 10.8. The van der Waals surface area contributed by atoms with Crippen LogP contribution in [0.25, 0.3) is 0 Å². The van der Waals surface area contributed by atoms with Crippen molar-refractivity contribution in [2.24, 2.45) is 5.84 Å². The van der Waals surface area contributed by atoms with Crippen LogP contribution in [-0.2, 0) is 11.3 Å². The lowest BCUT2D eigenvalue weighted by molar-refractivity contribution is 0.128. The smallest absolute Gasteiger partial charge is 0.224 e. The number of aromatic nitrogens is 3. The van der Waals surface area contributed by atoms with Crippen LogP contribution in [0.15, 0.2) is 29.0 Å². The Morgan fingerprint density at radius 3 is 2.85 bits per heavy atom. The van der Waals surface area contributed by atoms with Gasteiger partial charge in [0, 0.05) is 23.3 Å². The van der Waals surface area contributed by atoms with Gasteiger partial charge in [0.25, 0.3) is 0 Å². The average molecular weight is 340 g/mol. The second-order valence-corrected chi connectivity index (χ2v) is 4.65. The Kier molecular flexibility index (Phi) is 5.22. The quantitative estimate of drug-likeness (QED) is 0.615. The van der Waals surface area contributed by atoms with E-state index in [9.17, 15) is 0 Å². The van der Waals surface area contributed by atoms with Gasteiger partial charge in [-0.15, -0.1) is 0 Å². The molecule has 7 nitrogen and oxygen atoms in total. The number of halogens is 1. The summed E-state index contributed by atoms with van der Waals surface area (Å²) in [6, 6.07) is 3.38. The van der Waals surface area contributed by atoms with E-state index in [1.165, 1.54) is 0 Å². The first-order valence-corrected chi connectivity index (χ1v) is 6.71. The van der Waals surface area contributed by atoms with Crippen LogP contribution in [0, 0.1) is 0 Å². The zero-order chi connectivity index (χ0) is 14.4. The first kappa shape index (κ1) is 14.6. The fourth-order valence-electron chi connectivity index (χ4n) is 1.43. The molecule has 0 fully saturated rings. The minimum Gasteiger partial charge on any atom is -0.437 e. The maximum atomic E-state index is 5.63. The summed E-state index contributed by atoms with van der Waals surface area (Å²) in [6.45, 7) is 2.77. The monoisotopic (exact) mass is 339 g/mol. The lowest BCUT2D eigenvalue weighted by Crippen LogP contribution is -2.11. The van der Waals surface area contributed by atoms with Gasteiger partial charge in [0.15, 0.2) is 5.82 Å². The SMILES string of the molecule is CCOCc1nc(NN)cc(Oc2cncc(Br)c2)n1. The summed E-state index contributed by atoms with van der Waals surface area (Å²) in [6.07, 6.45) is 3.25. The van der Waals surface area contributed by atoms with Gasteiger partial charge in [-0.1, -0.05) is 0 Å². The third-order valence-corrected chi connectivity index (χ3v) is 2.67. The predicted molar refractivity (Wildman–Crippen MR) is 77.2 cm³/mol. The summed E-state index contributed by atoms with van der Waals surface area (Å²) in [5, 5.41) is 0. The number of nitrogens with two attached hydrogens (primary N) is 1. The van der Waals surface area contributed by atoms with Crippen LogP contribution in [0.4, 0.5) is 5.82 Å². The molecule has 0 radical (unpaired) electrons. The molecule has 0 atom stereocenters. The van der Waals surface area contributed by atoms with Crippen molar-refractivity contribution >= 4 is 21.7 Å². The molecular formula is C12H14BrN5O2. The van der Waals surface area contributed by atoms with Gasteiger partial charge >= 0.3 is 0 Å². The zero-order valence-corrected chi connectivity index (χ0v) is 12.4. The van der Waals surface area contributed by atoms with E-state index in [4.69, 9.17) is 15.3 Å². The van der Waals surface area contributed by atoms with Crippen LogP contribution in [0.2, 0.25) is 0 Å². The minimum absolute atomic E-state index is 0.291. The van der Waals surface area contributed by atoms with Crippen molar-refractivity contribution in [2.45, 2.75) is 13.5 Å². The second-order valence-electron chi connectivity index (χ2n) is 3.73. The highest BCUT2D eigenvalue weighted by atomic mass is 79.9. The number of hydrogen-bond acceptors (Lipinski definition) is 7. The van der Waals surface area contributed by atoms with Gasteiger partial charge in [-0.25, -0.2) is 10.8 Å². The predicted octanol–water partition coefficient (Wildman–Crippen LogP) is 2.25. The summed E-state index contributed by atoms with van der Waals surface area (Å²) in [7, 11) is 0. The second kappa shape index (κ2) is 7.13. The maximum absolute atomic E-state index is 5.63. The Morgan fingerprint density at radius 2 is 2.15 bits per heavy atom. The fraction of sp³-hybridized carbons (Fsp3) is 0.250. The molecule has 0 unspecified atom stereocenters. The lowest BCUT2D eigenvalue weighted by atomic mass is 10.4. The van der Waals surface area contributed by atoms with E-state index < -0.39 is 0 Å². The van der Waals surface area contributed by atoms with Crippen molar-refractivity contribution in [1.29, 1.82) is 0 Å². The van der Waals surface area contributed by atoms with E-state index in [1.54, 1.807) is 24.5 Å². The molecule has 106 valence electrons. The van der Waals surface area contributed by atoms with Gasteiger partial charge in [-0.2, -0.15) is 4.98 Å². The molecule has 3 N–H and O–H groups in total. The van der Waals surface area contributed by atoms with Crippen LogP contribution in [0.5, 0.6) is 11.6 Å². The Balaban J connectivity index is 2.21. The number of nitrogens with zero attached hydrogens (tertiary/aromatic N) is 3. The van der Waals surface area contributed by atoms with Crippen LogP contribution >= 0.6 is 15.9 Å². The van der Waals surface area contributed by atoms with Crippen molar-refractivity contribution < 1.29 is 9.47 Å². The topological polar surface area (TPSA) is 95.2 Å². The Labute approximate surface area is 124 Å². The summed E-state index contributed by atoms with van der Waals surface area (Å²) < 4.78 is 11.7. The molecule has 2 aromatic rings. The van der Waals surface area contributed by atoms with Gasteiger partial charge in [-0.05, 0) is 28.9 Å². The molecule has 20 heavy (non-hydrogen) atoms. The van der Waals surface area contributed by atoms with E-state index in [0.29, 0.717) is 36.5 Å². The molecule has 0 aliphatic heterocycles. The van der Waals surface area contributed by atoms with Gasteiger partial charge in [0.05, 0.1) is 6.20 Å². The molecule has 2 aromatic heterocycles. The Morgan fingerprint density at radius 1 is 1.30 bits per heavy atom. The third-order valence-electron chi connectivity index (χ3n) is 2.23. The van der Waals surface area contributed by atoms with Gasteiger partial charge < -0.3 is 14.9 Å². The van der Waals surface area contributed by atoms with Crippen molar-refractivity contribution in [1.82, 2.24) is 15.0 Å². The van der Waals surface area contributed by atoms with Crippen LogP contribution in [0.1, 0.15) is 12.7 Å². The van der Waals surface area contributed by atoms with E-state index >= 15 is 0 Å². The van der Waals surface area contributed by atoms with Crippen molar-refractivity contribution in [2.75, 3.05) is 12.0 Å². The number of rotatable bonds is 6. The number of nitrogen functional groups attached to an aromatic ring is 1. The summed E-state index contributed by atoms with van der Waals surface area (Å²) >= 11 is 3.32. The highest BCUT2D eigenvalue weighted by molar-refractivity contribution is 9.10. The molecule has 0 bridgehead atoms. The number of hydrogen-bond donors (Lipinski definition) is 2. The number of pyridine rings is 1. The van der Waals surface area contributed by atoms with E-state index in [1.807, 2.05) is 6.92 Å². The third kappa shape index (κ3) is 4.12. The molecule has 0 aliphatic rings. The van der Waals surface area contributed by atoms with E-state index in [-0.39, 0.29) is 0 Å². The van der Waals surface area contributed by atoms with E-state index in [2.05, 4.69) is 36.3 Å². The molecule has 0 aliphatic carbocycles. The standard InChI is InChI=1S/C12H14BrN5O2/c1-2-19-7-11-16-10(18-14)4-12(17-11)20-9-3-8(13)5-15-6-9/h3-6H,2,7,14H2,1H3,(H,16,17,18). The molecule has 0 saturated heterocycles. The molecule has 0 saturated carbocycles. The number of hydrazine groups is 1. The van der Waals surface area contributed by atoms with Crippen LogP contribution < -0.4 is 16.0 Å². The molecule has 0 amide bonds. The Bertz CT molecular complexity index is 582. The van der Waals surface area contributed by atoms with Crippen LogP contribution in [-0.4, -0.2) is 21.6 Å². The number of anilines is 1. The van der Waals surface area contributed by atoms with Gasteiger partial charge in [0.2, 0.25) is 5.88 Å². The summed E-state index contributed by atoms with van der Waals surface area (Å²) in [5.74, 6) is 7.24. The molecule has 8 heteroatoms. The largest absolute Gasteiger partial charge is 0.437 e. The molecule has 2 rings (SSSR count). The molecule has 2 heterocycles. The molecule has 0 aromatic carbocycles. The van der Waals surface area contributed by atoms with Gasteiger partial charge in [0.1, 0.15) is 18.2 Å². The van der Waals surface area contributed by atoms with Crippen molar-refractivity contribution in [3.8, 4) is 11.6 Å². The highest BCUT2D eigenvalue weighted by Crippen LogP contribution is 2.23. The van der Waals surface area contributed by atoms with Crippen molar-refractivity contribution in [3.05, 3.63) is 34.8 Å². The highest BCUT2D eigenvalue weighted by Gasteiger charge is 2.07. The minimum atomic E-state index is 0.291. The molecular weight excluding hydrogens is 326 g/mol. The van der Waals surface area contributed by atoms with Crippen LogP contribution in [0.3, 0.4) is 0 Å². The first-order valence-electron chi connectivity index (χ1n) is 5.92. The van der Waals surface area contributed by atoms with Crippen molar-refractivity contribution in [3.63, 3.8) is 0 Å². The van der Waals surface area contributed by atoms with Gasteiger partial charge in [-0.3, -0.25) is 4.98 Å². The first-order chi connectivity index (χ1) is 9.71. The fourth-order valence-corrected chi connectivity index (χ4v) is 1.77. The normalized spacial score (nSPS) is 10.3.